The number of carbonyl (C=O) groups is 2. The van der Waals surface area contributed by atoms with Crippen LogP contribution in [0.2, 0.25) is 0 Å². The minimum Gasteiger partial charge on any atom is -0.368 e. The molecular weight excluding hydrogens is 228 g/mol. The molecular formula is C15H28O3. The normalized spacial score (nSPS) is 14.4. The largest absolute Gasteiger partial charge is 0.368 e. The van der Waals surface area contributed by atoms with Crippen molar-refractivity contribution in [1.82, 2.24) is 0 Å². The van der Waals surface area contributed by atoms with Crippen LogP contribution in [0.1, 0.15) is 61.3 Å². The number of ether oxygens (including phenoxy) is 1. The molecule has 3 heteroatoms. The van der Waals surface area contributed by atoms with Gasteiger partial charge in [0.15, 0.2) is 5.78 Å². The Labute approximate surface area is 111 Å². The molecule has 18 heavy (non-hydrogen) atoms. The summed E-state index contributed by atoms with van der Waals surface area (Å²) >= 11 is 0. The van der Waals surface area contributed by atoms with E-state index in [9.17, 15) is 9.59 Å². The molecule has 0 N–H and O–H groups in total. The van der Waals surface area contributed by atoms with Gasteiger partial charge in [0, 0.05) is 18.3 Å². The van der Waals surface area contributed by atoms with Crippen LogP contribution >= 0.6 is 0 Å². The summed E-state index contributed by atoms with van der Waals surface area (Å²) in [4.78, 5) is 23.5. The third kappa shape index (κ3) is 8.40. The van der Waals surface area contributed by atoms with Crippen LogP contribution in [0, 0.1) is 11.3 Å². The highest BCUT2D eigenvalue weighted by molar-refractivity contribution is 5.85. The van der Waals surface area contributed by atoms with Crippen molar-refractivity contribution < 1.29 is 14.3 Å². The fourth-order valence-electron chi connectivity index (χ4n) is 1.44. The zero-order valence-electron chi connectivity index (χ0n) is 12.9. The molecule has 0 aromatic heterocycles. The first-order chi connectivity index (χ1) is 7.92. The van der Waals surface area contributed by atoms with E-state index in [2.05, 4.69) is 0 Å². The van der Waals surface area contributed by atoms with E-state index in [1.54, 1.807) is 0 Å². The van der Waals surface area contributed by atoms with Crippen LogP contribution in [0.5, 0.6) is 0 Å². The lowest BCUT2D eigenvalue weighted by molar-refractivity contribution is -0.130. The van der Waals surface area contributed by atoms with E-state index in [4.69, 9.17) is 4.74 Å². The number of rotatable bonds is 6. The van der Waals surface area contributed by atoms with E-state index in [1.807, 2.05) is 48.5 Å². The van der Waals surface area contributed by atoms with Crippen LogP contribution < -0.4 is 0 Å². The average Bonchev–Trinajstić information content (AvgIpc) is 2.11. The van der Waals surface area contributed by atoms with E-state index in [0.29, 0.717) is 12.8 Å². The molecule has 0 rings (SSSR count). The number of Topliss-reactive ketones (excluding diaryl/α,β-unsaturated/α-hetero) is 2. The van der Waals surface area contributed by atoms with E-state index in [-0.39, 0.29) is 35.1 Å². The Balaban J connectivity index is 4.06. The highest BCUT2D eigenvalue weighted by Crippen LogP contribution is 2.21. The maximum Gasteiger partial charge on any atom is 0.158 e. The van der Waals surface area contributed by atoms with Crippen LogP contribution in [-0.4, -0.2) is 23.8 Å². The smallest absolute Gasteiger partial charge is 0.158 e. The first-order valence-corrected chi connectivity index (χ1v) is 6.61. The van der Waals surface area contributed by atoms with Gasteiger partial charge in [-0.2, -0.15) is 0 Å². The maximum absolute atomic E-state index is 11.8. The number of hydrogen-bond acceptors (Lipinski definition) is 3. The summed E-state index contributed by atoms with van der Waals surface area (Å²) < 4.78 is 5.43. The molecule has 0 bridgehead atoms. The van der Waals surface area contributed by atoms with E-state index in [1.165, 1.54) is 0 Å². The van der Waals surface area contributed by atoms with Gasteiger partial charge in [0.05, 0.1) is 5.60 Å². The van der Waals surface area contributed by atoms with Crippen molar-refractivity contribution in [3.8, 4) is 0 Å². The van der Waals surface area contributed by atoms with Crippen LogP contribution in [-0.2, 0) is 14.3 Å². The Morgan fingerprint density at radius 3 is 1.89 bits per heavy atom. The lowest BCUT2D eigenvalue weighted by Gasteiger charge is -2.21. The Morgan fingerprint density at radius 1 is 1.00 bits per heavy atom. The summed E-state index contributed by atoms with van der Waals surface area (Å²) in [6, 6.07) is 0. The van der Waals surface area contributed by atoms with Gasteiger partial charge in [-0.3, -0.25) is 9.59 Å². The lowest BCUT2D eigenvalue weighted by Crippen LogP contribution is -2.26. The number of ketones is 2. The molecule has 3 nitrogen and oxygen atoms in total. The second-order valence-electron chi connectivity index (χ2n) is 7.13. The van der Waals surface area contributed by atoms with Gasteiger partial charge in [-0.05, 0) is 26.7 Å². The Morgan fingerprint density at radius 2 is 1.50 bits per heavy atom. The average molecular weight is 256 g/mol. The number of carbonyl (C=O) groups excluding carboxylic acids is 2. The first-order valence-electron chi connectivity index (χ1n) is 6.61. The summed E-state index contributed by atoms with van der Waals surface area (Å²) in [5.74, 6) is 0.367. The van der Waals surface area contributed by atoms with Crippen molar-refractivity contribution in [1.29, 1.82) is 0 Å². The topological polar surface area (TPSA) is 43.4 Å². The zero-order chi connectivity index (χ0) is 14.6. The van der Waals surface area contributed by atoms with Crippen molar-refractivity contribution in [3.05, 3.63) is 0 Å². The fraction of sp³-hybridized carbons (Fsp3) is 0.867. The van der Waals surface area contributed by atoms with Gasteiger partial charge in [-0.1, -0.05) is 27.7 Å². The molecule has 106 valence electrons. The predicted molar refractivity (Wildman–Crippen MR) is 73.6 cm³/mol. The third-order valence-electron chi connectivity index (χ3n) is 2.61. The van der Waals surface area contributed by atoms with Gasteiger partial charge in [-0.15, -0.1) is 0 Å². The third-order valence-corrected chi connectivity index (χ3v) is 2.61. The Bertz CT molecular complexity index is 292. The molecule has 0 aliphatic rings. The molecule has 1 atom stereocenters. The van der Waals surface area contributed by atoms with Crippen molar-refractivity contribution in [2.45, 2.75) is 66.9 Å². The highest BCUT2D eigenvalue weighted by atomic mass is 16.5. The van der Waals surface area contributed by atoms with Crippen LogP contribution in [0.3, 0.4) is 0 Å². The quantitative estimate of drug-likeness (QED) is 0.731. The molecule has 0 saturated carbocycles. The Hall–Kier alpha value is -0.700. The zero-order valence-corrected chi connectivity index (χ0v) is 12.9. The van der Waals surface area contributed by atoms with Crippen LogP contribution in [0.4, 0.5) is 0 Å². The molecule has 0 aliphatic heterocycles. The predicted octanol–water partition coefficient (Wildman–Crippen LogP) is 3.40. The van der Waals surface area contributed by atoms with Crippen molar-refractivity contribution >= 4 is 11.6 Å². The van der Waals surface area contributed by atoms with Gasteiger partial charge < -0.3 is 4.74 Å². The van der Waals surface area contributed by atoms with Gasteiger partial charge in [0.1, 0.15) is 12.4 Å². The SMILES string of the molecule is C[C@@H](CC(=O)COC(C)(C)C)CC(=O)C(C)(C)C. The van der Waals surface area contributed by atoms with Gasteiger partial charge in [-0.25, -0.2) is 0 Å². The molecule has 0 fully saturated rings. The van der Waals surface area contributed by atoms with Gasteiger partial charge >= 0.3 is 0 Å². The first kappa shape index (κ1) is 17.3. The number of hydrogen-bond donors (Lipinski definition) is 0. The monoisotopic (exact) mass is 256 g/mol. The standard InChI is InChI=1S/C15H28O3/c1-11(9-13(17)14(2,3)4)8-12(16)10-18-15(5,6)7/h11H,8-10H2,1-7H3/t11-/m0/s1. The van der Waals surface area contributed by atoms with Gasteiger partial charge in [0.25, 0.3) is 0 Å². The van der Waals surface area contributed by atoms with Crippen molar-refractivity contribution in [2.75, 3.05) is 6.61 Å². The molecule has 0 aromatic carbocycles. The van der Waals surface area contributed by atoms with E-state index in [0.717, 1.165) is 0 Å². The fourth-order valence-corrected chi connectivity index (χ4v) is 1.44. The van der Waals surface area contributed by atoms with Crippen LogP contribution in [0.15, 0.2) is 0 Å². The summed E-state index contributed by atoms with van der Waals surface area (Å²) in [7, 11) is 0. The highest BCUT2D eigenvalue weighted by Gasteiger charge is 2.24. The molecule has 0 radical (unpaired) electrons. The Kier molecular flexibility index (Phi) is 6.21. The molecule has 0 saturated heterocycles. The molecule has 0 aliphatic carbocycles. The van der Waals surface area contributed by atoms with Crippen molar-refractivity contribution in [2.24, 2.45) is 11.3 Å². The second-order valence-corrected chi connectivity index (χ2v) is 7.13. The molecule has 0 aromatic rings. The van der Waals surface area contributed by atoms with Crippen LogP contribution in [0.25, 0.3) is 0 Å². The summed E-state index contributed by atoms with van der Waals surface area (Å²) in [5.41, 5.74) is -0.612. The molecule has 0 amide bonds. The molecule has 0 unspecified atom stereocenters. The van der Waals surface area contributed by atoms with E-state index >= 15 is 0 Å². The summed E-state index contributed by atoms with van der Waals surface area (Å²) in [6.07, 6.45) is 0.878. The minimum atomic E-state index is -0.320. The van der Waals surface area contributed by atoms with E-state index < -0.39 is 0 Å². The summed E-state index contributed by atoms with van der Waals surface area (Å²) in [5, 5.41) is 0. The summed E-state index contributed by atoms with van der Waals surface area (Å²) in [6.45, 7) is 13.6. The van der Waals surface area contributed by atoms with Crippen molar-refractivity contribution in [3.63, 3.8) is 0 Å². The lowest BCUT2D eigenvalue weighted by atomic mass is 9.84. The molecule has 0 spiro atoms. The molecule has 0 heterocycles. The minimum absolute atomic E-state index is 0.0686. The van der Waals surface area contributed by atoms with Gasteiger partial charge in [0.2, 0.25) is 0 Å². The second kappa shape index (κ2) is 6.46. The maximum atomic E-state index is 11.8.